The summed E-state index contributed by atoms with van der Waals surface area (Å²) in [5.41, 5.74) is 1.30. The third-order valence-electron chi connectivity index (χ3n) is 5.10. The summed E-state index contributed by atoms with van der Waals surface area (Å²) in [5.74, 6) is -0.741. The van der Waals surface area contributed by atoms with E-state index in [4.69, 9.17) is 14.2 Å². The molecule has 1 unspecified atom stereocenters. The molecule has 0 fully saturated rings. The van der Waals surface area contributed by atoms with Crippen LogP contribution in [0.4, 0.5) is 0 Å². The SMILES string of the molecule is CCCCCCCCC(CCNCc1ccccc1)C(OC)(OC)OC. The molecular formula is C22H39NO3. The molecule has 0 heterocycles. The van der Waals surface area contributed by atoms with Crippen LogP contribution in [0, 0.1) is 5.92 Å². The first-order valence-corrected chi connectivity index (χ1v) is 10.1. The number of unbranched alkanes of at least 4 members (excludes halogenated alkanes) is 5. The van der Waals surface area contributed by atoms with E-state index >= 15 is 0 Å². The molecule has 0 aliphatic rings. The van der Waals surface area contributed by atoms with Crippen molar-refractivity contribution >= 4 is 0 Å². The van der Waals surface area contributed by atoms with Crippen LogP contribution in [0.25, 0.3) is 0 Å². The Morgan fingerprint density at radius 1 is 0.846 bits per heavy atom. The van der Waals surface area contributed by atoms with Crippen LogP contribution in [-0.2, 0) is 20.8 Å². The Morgan fingerprint density at radius 2 is 1.46 bits per heavy atom. The minimum Gasteiger partial charge on any atom is -0.331 e. The smallest absolute Gasteiger partial charge is 0.285 e. The Morgan fingerprint density at radius 3 is 2.08 bits per heavy atom. The fourth-order valence-electron chi connectivity index (χ4n) is 3.52. The van der Waals surface area contributed by atoms with Gasteiger partial charge in [-0.25, -0.2) is 0 Å². The highest BCUT2D eigenvalue weighted by molar-refractivity contribution is 5.14. The second-order valence-electron chi connectivity index (χ2n) is 6.92. The van der Waals surface area contributed by atoms with Crippen LogP contribution < -0.4 is 5.32 Å². The van der Waals surface area contributed by atoms with Gasteiger partial charge in [0.25, 0.3) is 5.97 Å². The molecule has 1 atom stereocenters. The normalized spacial score (nSPS) is 13.1. The van der Waals surface area contributed by atoms with Crippen molar-refractivity contribution in [2.24, 2.45) is 5.92 Å². The van der Waals surface area contributed by atoms with Gasteiger partial charge in [-0.3, -0.25) is 0 Å². The molecule has 1 N–H and O–H groups in total. The van der Waals surface area contributed by atoms with E-state index < -0.39 is 5.97 Å². The number of nitrogens with one attached hydrogen (secondary N) is 1. The largest absolute Gasteiger partial charge is 0.331 e. The Labute approximate surface area is 160 Å². The van der Waals surface area contributed by atoms with Crippen LogP contribution in [0.15, 0.2) is 30.3 Å². The van der Waals surface area contributed by atoms with Crippen molar-refractivity contribution in [1.82, 2.24) is 5.32 Å². The molecular weight excluding hydrogens is 326 g/mol. The second kappa shape index (κ2) is 14.2. The molecule has 0 aliphatic heterocycles. The van der Waals surface area contributed by atoms with Gasteiger partial charge in [-0.1, -0.05) is 75.8 Å². The molecule has 0 aromatic heterocycles. The number of methoxy groups -OCH3 is 3. The van der Waals surface area contributed by atoms with Crippen LogP contribution in [0.2, 0.25) is 0 Å². The van der Waals surface area contributed by atoms with Crippen LogP contribution in [0.1, 0.15) is 63.9 Å². The van der Waals surface area contributed by atoms with Crippen molar-refractivity contribution < 1.29 is 14.2 Å². The maximum atomic E-state index is 5.64. The van der Waals surface area contributed by atoms with Crippen LogP contribution in [0.5, 0.6) is 0 Å². The van der Waals surface area contributed by atoms with E-state index in [0.29, 0.717) is 0 Å². The van der Waals surface area contributed by atoms with Crippen molar-refractivity contribution in [1.29, 1.82) is 0 Å². The lowest BCUT2D eigenvalue weighted by molar-refractivity contribution is -0.380. The van der Waals surface area contributed by atoms with E-state index in [2.05, 4.69) is 36.5 Å². The van der Waals surface area contributed by atoms with Gasteiger partial charge in [0.05, 0.1) is 0 Å². The van der Waals surface area contributed by atoms with Gasteiger partial charge < -0.3 is 19.5 Å². The number of hydrogen-bond acceptors (Lipinski definition) is 4. The van der Waals surface area contributed by atoms with Crippen LogP contribution in [-0.4, -0.2) is 33.8 Å². The number of ether oxygens (including phenoxy) is 3. The number of benzene rings is 1. The monoisotopic (exact) mass is 365 g/mol. The van der Waals surface area contributed by atoms with Gasteiger partial charge in [0.1, 0.15) is 0 Å². The van der Waals surface area contributed by atoms with Crippen LogP contribution in [0.3, 0.4) is 0 Å². The second-order valence-corrected chi connectivity index (χ2v) is 6.92. The minimum absolute atomic E-state index is 0.206. The zero-order valence-electron chi connectivity index (χ0n) is 17.3. The molecule has 150 valence electrons. The van der Waals surface area contributed by atoms with Crippen molar-refractivity contribution in [3.8, 4) is 0 Å². The third-order valence-corrected chi connectivity index (χ3v) is 5.10. The Kier molecular flexibility index (Phi) is 12.6. The summed E-state index contributed by atoms with van der Waals surface area (Å²) in [4.78, 5) is 0. The van der Waals surface area contributed by atoms with E-state index in [-0.39, 0.29) is 5.92 Å². The fourth-order valence-corrected chi connectivity index (χ4v) is 3.52. The number of hydrogen-bond donors (Lipinski definition) is 1. The lowest BCUT2D eigenvalue weighted by Crippen LogP contribution is -2.45. The first kappa shape index (κ1) is 23.1. The average molecular weight is 366 g/mol. The summed E-state index contributed by atoms with van der Waals surface area (Å²) < 4.78 is 16.9. The summed E-state index contributed by atoms with van der Waals surface area (Å²) in [7, 11) is 5.00. The first-order chi connectivity index (χ1) is 12.7. The van der Waals surface area contributed by atoms with Crippen LogP contribution >= 0.6 is 0 Å². The Bertz CT molecular complexity index is 426. The lowest BCUT2D eigenvalue weighted by Gasteiger charge is -2.36. The van der Waals surface area contributed by atoms with Gasteiger partial charge in [-0.2, -0.15) is 0 Å². The quantitative estimate of drug-likeness (QED) is 0.326. The minimum atomic E-state index is -0.947. The van der Waals surface area contributed by atoms with Crippen molar-refractivity contribution in [2.75, 3.05) is 27.9 Å². The average Bonchev–Trinajstić information content (AvgIpc) is 2.69. The molecule has 0 aliphatic carbocycles. The van der Waals surface area contributed by atoms with Gasteiger partial charge >= 0.3 is 0 Å². The van der Waals surface area contributed by atoms with E-state index in [1.165, 1.54) is 44.1 Å². The maximum Gasteiger partial charge on any atom is 0.285 e. The Balaban J connectivity index is 2.46. The van der Waals surface area contributed by atoms with E-state index in [1.807, 2.05) is 6.07 Å². The molecule has 1 rings (SSSR count). The predicted molar refractivity (Wildman–Crippen MR) is 108 cm³/mol. The Hall–Kier alpha value is -0.940. The zero-order chi connectivity index (χ0) is 19.1. The topological polar surface area (TPSA) is 39.7 Å². The van der Waals surface area contributed by atoms with Gasteiger partial charge in [-0.05, 0) is 24.9 Å². The predicted octanol–water partition coefficient (Wildman–Crippen LogP) is 5.13. The summed E-state index contributed by atoms with van der Waals surface area (Å²) in [6.45, 7) is 4.04. The third kappa shape index (κ3) is 8.17. The molecule has 0 bridgehead atoms. The van der Waals surface area contributed by atoms with Gasteiger partial charge in [0.15, 0.2) is 0 Å². The van der Waals surface area contributed by atoms with Gasteiger partial charge in [0.2, 0.25) is 0 Å². The number of rotatable bonds is 16. The van der Waals surface area contributed by atoms with E-state index in [0.717, 1.165) is 25.9 Å². The molecule has 0 saturated heterocycles. The van der Waals surface area contributed by atoms with Gasteiger partial charge in [0, 0.05) is 33.8 Å². The highest BCUT2D eigenvalue weighted by Crippen LogP contribution is 2.31. The summed E-state index contributed by atoms with van der Waals surface area (Å²) in [6, 6.07) is 10.5. The maximum absolute atomic E-state index is 5.64. The molecule has 26 heavy (non-hydrogen) atoms. The molecule has 4 heteroatoms. The summed E-state index contributed by atoms with van der Waals surface area (Å²) in [5, 5.41) is 3.53. The zero-order valence-corrected chi connectivity index (χ0v) is 17.3. The van der Waals surface area contributed by atoms with E-state index in [1.54, 1.807) is 21.3 Å². The summed E-state index contributed by atoms with van der Waals surface area (Å²) >= 11 is 0. The van der Waals surface area contributed by atoms with Crippen molar-refractivity contribution in [2.45, 2.75) is 70.8 Å². The fraction of sp³-hybridized carbons (Fsp3) is 0.727. The molecule has 0 amide bonds. The first-order valence-electron chi connectivity index (χ1n) is 10.1. The highest BCUT2D eigenvalue weighted by Gasteiger charge is 2.39. The van der Waals surface area contributed by atoms with Crippen molar-refractivity contribution in [3.63, 3.8) is 0 Å². The van der Waals surface area contributed by atoms with E-state index in [9.17, 15) is 0 Å². The molecule has 0 radical (unpaired) electrons. The summed E-state index contributed by atoms with van der Waals surface area (Å²) in [6.07, 6.45) is 9.73. The lowest BCUT2D eigenvalue weighted by atomic mass is 9.94. The highest BCUT2D eigenvalue weighted by atomic mass is 16.9. The standard InChI is InChI=1S/C22H39NO3/c1-5-6-7-8-9-13-16-21(22(24-2,25-3)26-4)17-18-23-19-20-14-11-10-12-15-20/h10-12,14-15,21,23H,5-9,13,16-19H2,1-4H3. The molecule has 1 aromatic rings. The molecule has 1 aromatic carbocycles. The molecule has 0 spiro atoms. The van der Waals surface area contributed by atoms with Gasteiger partial charge in [-0.15, -0.1) is 0 Å². The molecule has 0 saturated carbocycles. The molecule has 4 nitrogen and oxygen atoms in total. The van der Waals surface area contributed by atoms with Crippen molar-refractivity contribution in [3.05, 3.63) is 35.9 Å².